The third kappa shape index (κ3) is 4.23. The van der Waals surface area contributed by atoms with Crippen molar-refractivity contribution >= 4 is 24.8 Å². The zero-order chi connectivity index (χ0) is 13.1. The van der Waals surface area contributed by atoms with E-state index in [9.17, 15) is 0 Å². The van der Waals surface area contributed by atoms with Gasteiger partial charge in [-0.3, -0.25) is 4.90 Å². The summed E-state index contributed by atoms with van der Waals surface area (Å²) in [6.45, 7) is 15.0. The Hall–Kier alpha value is -0.540. The summed E-state index contributed by atoms with van der Waals surface area (Å²) in [5.74, 6) is 0. The SMILES string of the molecule is C=C[C@@H](c1c(C)cc(C)cc1C)N1CCNCC1.Cl.Cl. The van der Waals surface area contributed by atoms with Gasteiger partial charge in [0, 0.05) is 26.2 Å². The van der Waals surface area contributed by atoms with Crippen LogP contribution in [0.5, 0.6) is 0 Å². The minimum atomic E-state index is 0. The molecular formula is C16H26Cl2N2. The first-order valence-electron chi connectivity index (χ1n) is 6.78. The van der Waals surface area contributed by atoms with Crippen LogP contribution in [0.2, 0.25) is 0 Å². The Kier molecular flexibility index (Phi) is 8.45. The van der Waals surface area contributed by atoms with E-state index in [2.05, 4.69) is 55.8 Å². The van der Waals surface area contributed by atoms with Crippen LogP contribution in [0, 0.1) is 20.8 Å². The van der Waals surface area contributed by atoms with Gasteiger partial charge in [0.2, 0.25) is 0 Å². The normalized spacial score (nSPS) is 16.8. The maximum absolute atomic E-state index is 4.06. The van der Waals surface area contributed by atoms with Crippen LogP contribution in [0.4, 0.5) is 0 Å². The van der Waals surface area contributed by atoms with Crippen molar-refractivity contribution in [2.75, 3.05) is 26.2 Å². The second-order valence-corrected chi connectivity index (χ2v) is 5.28. The quantitative estimate of drug-likeness (QED) is 0.857. The summed E-state index contributed by atoms with van der Waals surface area (Å²) in [5, 5.41) is 3.41. The molecular weight excluding hydrogens is 291 g/mol. The van der Waals surface area contributed by atoms with Crippen molar-refractivity contribution in [3.8, 4) is 0 Å². The summed E-state index contributed by atoms with van der Waals surface area (Å²) < 4.78 is 0. The van der Waals surface area contributed by atoms with Crippen molar-refractivity contribution in [3.05, 3.63) is 47.0 Å². The number of halogens is 2. The number of benzene rings is 1. The fourth-order valence-corrected chi connectivity index (χ4v) is 3.07. The summed E-state index contributed by atoms with van der Waals surface area (Å²) in [5.41, 5.74) is 5.56. The lowest BCUT2D eigenvalue weighted by Gasteiger charge is -2.35. The van der Waals surface area contributed by atoms with Gasteiger partial charge in [0.1, 0.15) is 0 Å². The van der Waals surface area contributed by atoms with Gasteiger partial charge in [-0.05, 0) is 37.5 Å². The van der Waals surface area contributed by atoms with Crippen LogP contribution in [-0.4, -0.2) is 31.1 Å². The van der Waals surface area contributed by atoms with Crippen LogP contribution >= 0.6 is 24.8 Å². The van der Waals surface area contributed by atoms with Crippen LogP contribution in [0.1, 0.15) is 28.3 Å². The molecule has 0 saturated carbocycles. The molecule has 1 aromatic rings. The Labute approximate surface area is 135 Å². The standard InChI is InChI=1S/C16H24N2.2ClH/c1-5-15(18-8-6-17-7-9-18)16-13(3)10-12(2)11-14(16)4;;/h5,10-11,15,17H,1,6-9H2,2-4H3;2*1H/t15-;;/m0../s1. The van der Waals surface area contributed by atoms with Gasteiger partial charge in [-0.25, -0.2) is 0 Å². The van der Waals surface area contributed by atoms with E-state index in [-0.39, 0.29) is 24.8 Å². The number of aryl methyl sites for hydroxylation is 3. The second kappa shape index (κ2) is 8.68. The fraction of sp³-hybridized carbons (Fsp3) is 0.500. The molecule has 4 heteroatoms. The molecule has 2 rings (SSSR count). The van der Waals surface area contributed by atoms with Gasteiger partial charge >= 0.3 is 0 Å². The average Bonchev–Trinajstić information content (AvgIpc) is 2.34. The van der Waals surface area contributed by atoms with Crippen LogP contribution in [0.25, 0.3) is 0 Å². The van der Waals surface area contributed by atoms with Crippen molar-refractivity contribution in [2.24, 2.45) is 0 Å². The third-order valence-corrected chi connectivity index (χ3v) is 3.80. The molecule has 2 nitrogen and oxygen atoms in total. The molecule has 20 heavy (non-hydrogen) atoms. The highest BCUT2D eigenvalue weighted by Crippen LogP contribution is 2.29. The Morgan fingerprint density at radius 1 is 1.10 bits per heavy atom. The van der Waals surface area contributed by atoms with Crippen molar-refractivity contribution in [1.82, 2.24) is 10.2 Å². The van der Waals surface area contributed by atoms with Gasteiger partial charge in [0.15, 0.2) is 0 Å². The molecule has 114 valence electrons. The minimum Gasteiger partial charge on any atom is -0.314 e. The molecule has 1 aliphatic heterocycles. The second-order valence-electron chi connectivity index (χ2n) is 5.28. The van der Waals surface area contributed by atoms with E-state index in [1.54, 1.807) is 0 Å². The average molecular weight is 317 g/mol. The maximum Gasteiger partial charge on any atom is 0.0535 e. The summed E-state index contributed by atoms with van der Waals surface area (Å²) in [7, 11) is 0. The van der Waals surface area contributed by atoms with Crippen LogP contribution < -0.4 is 5.32 Å². The monoisotopic (exact) mass is 316 g/mol. The first-order valence-corrected chi connectivity index (χ1v) is 6.78. The van der Waals surface area contributed by atoms with Crippen molar-refractivity contribution in [1.29, 1.82) is 0 Å². The minimum absolute atomic E-state index is 0. The van der Waals surface area contributed by atoms with Crippen LogP contribution in [0.15, 0.2) is 24.8 Å². The lowest BCUT2D eigenvalue weighted by atomic mass is 9.93. The predicted octanol–water partition coefficient (Wildman–Crippen LogP) is 3.59. The summed E-state index contributed by atoms with van der Waals surface area (Å²) >= 11 is 0. The van der Waals surface area contributed by atoms with Gasteiger partial charge in [0.25, 0.3) is 0 Å². The predicted molar refractivity (Wildman–Crippen MR) is 92.5 cm³/mol. The summed E-state index contributed by atoms with van der Waals surface area (Å²) in [4.78, 5) is 2.52. The van der Waals surface area contributed by atoms with Gasteiger partial charge in [-0.1, -0.05) is 23.8 Å². The van der Waals surface area contributed by atoms with Gasteiger partial charge in [-0.2, -0.15) is 0 Å². The lowest BCUT2D eigenvalue weighted by Crippen LogP contribution is -2.45. The van der Waals surface area contributed by atoms with Crippen molar-refractivity contribution in [2.45, 2.75) is 26.8 Å². The molecule has 0 amide bonds. The number of nitrogens with zero attached hydrogens (tertiary/aromatic N) is 1. The molecule has 1 aromatic carbocycles. The molecule has 1 aliphatic rings. The molecule has 1 heterocycles. The van der Waals surface area contributed by atoms with E-state index in [0.717, 1.165) is 26.2 Å². The molecule has 0 aromatic heterocycles. The topological polar surface area (TPSA) is 15.3 Å². The Morgan fingerprint density at radius 3 is 2.05 bits per heavy atom. The molecule has 1 atom stereocenters. The van der Waals surface area contributed by atoms with E-state index in [4.69, 9.17) is 0 Å². The lowest BCUT2D eigenvalue weighted by molar-refractivity contribution is 0.202. The van der Waals surface area contributed by atoms with Crippen molar-refractivity contribution in [3.63, 3.8) is 0 Å². The number of piperazine rings is 1. The van der Waals surface area contributed by atoms with Crippen molar-refractivity contribution < 1.29 is 0 Å². The summed E-state index contributed by atoms with van der Waals surface area (Å²) in [6.07, 6.45) is 2.09. The van der Waals surface area contributed by atoms with E-state index in [1.165, 1.54) is 22.3 Å². The van der Waals surface area contributed by atoms with Crippen LogP contribution in [0.3, 0.4) is 0 Å². The molecule has 0 aliphatic carbocycles. The van der Waals surface area contributed by atoms with Gasteiger partial charge in [0.05, 0.1) is 6.04 Å². The van der Waals surface area contributed by atoms with Gasteiger partial charge < -0.3 is 5.32 Å². The zero-order valence-electron chi connectivity index (χ0n) is 12.6. The third-order valence-electron chi connectivity index (χ3n) is 3.80. The Morgan fingerprint density at radius 2 is 1.60 bits per heavy atom. The van der Waals surface area contributed by atoms with Crippen LogP contribution in [-0.2, 0) is 0 Å². The highest BCUT2D eigenvalue weighted by molar-refractivity contribution is 5.85. The Balaban J connectivity index is 0.00000180. The molecule has 0 spiro atoms. The largest absolute Gasteiger partial charge is 0.314 e. The molecule has 1 fully saturated rings. The first-order chi connectivity index (χ1) is 8.63. The molecule has 0 bridgehead atoms. The van der Waals surface area contributed by atoms with E-state index in [0.29, 0.717) is 6.04 Å². The highest BCUT2D eigenvalue weighted by Gasteiger charge is 2.22. The Bertz CT molecular complexity index is 417. The maximum atomic E-state index is 4.06. The number of hydrogen-bond acceptors (Lipinski definition) is 2. The fourth-order valence-electron chi connectivity index (χ4n) is 3.07. The molecule has 1 N–H and O–H groups in total. The molecule has 0 radical (unpaired) electrons. The van der Waals surface area contributed by atoms with E-state index >= 15 is 0 Å². The number of rotatable bonds is 3. The van der Waals surface area contributed by atoms with E-state index < -0.39 is 0 Å². The molecule has 1 saturated heterocycles. The molecule has 0 unspecified atom stereocenters. The summed E-state index contributed by atoms with van der Waals surface area (Å²) in [6, 6.07) is 4.91. The number of hydrogen-bond donors (Lipinski definition) is 1. The first kappa shape index (κ1) is 19.5. The number of nitrogens with one attached hydrogen (secondary N) is 1. The highest BCUT2D eigenvalue weighted by atomic mass is 35.5. The zero-order valence-corrected chi connectivity index (χ0v) is 14.2. The smallest absolute Gasteiger partial charge is 0.0535 e. The van der Waals surface area contributed by atoms with E-state index in [1.807, 2.05) is 0 Å². The van der Waals surface area contributed by atoms with Gasteiger partial charge in [-0.15, -0.1) is 31.4 Å².